The third kappa shape index (κ3) is 2.97. The summed E-state index contributed by atoms with van der Waals surface area (Å²) in [5.41, 5.74) is 1.53. The molecule has 19 heavy (non-hydrogen) atoms. The van der Waals surface area contributed by atoms with Crippen LogP contribution in [0.5, 0.6) is 5.75 Å². The normalized spacial score (nSPS) is 11.1. The van der Waals surface area contributed by atoms with Crippen molar-refractivity contribution >= 4 is 29.3 Å². The van der Waals surface area contributed by atoms with E-state index in [-0.39, 0.29) is 6.54 Å². The summed E-state index contributed by atoms with van der Waals surface area (Å²) in [6.07, 6.45) is 5.73. The molecule has 2 aromatic rings. The van der Waals surface area contributed by atoms with E-state index in [9.17, 15) is 4.79 Å². The van der Waals surface area contributed by atoms with Gasteiger partial charge in [-0.3, -0.25) is 0 Å². The fourth-order valence-electron chi connectivity index (χ4n) is 1.66. The van der Waals surface area contributed by atoms with Gasteiger partial charge in [-0.15, -0.1) is 0 Å². The molecule has 7 heteroatoms. The Morgan fingerprint density at radius 3 is 3.16 bits per heavy atom. The number of pyridine rings is 1. The van der Waals surface area contributed by atoms with E-state index in [1.165, 1.54) is 0 Å². The molecule has 0 saturated heterocycles. The molecule has 0 aliphatic heterocycles. The number of fused-ring (bicyclic) bond motifs is 1. The summed E-state index contributed by atoms with van der Waals surface area (Å²) in [7, 11) is 1.55. The van der Waals surface area contributed by atoms with Crippen molar-refractivity contribution in [3.63, 3.8) is 0 Å². The highest BCUT2D eigenvalue weighted by Gasteiger charge is 2.08. The first kappa shape index (κ1) is 13.2. The van der Waals surface area contributed by atoms with E-state index in [1.807, 2.05) is 0 Å². The number of ether oxygens (including phenoxy) is 1. The fraction of sp³-hybridized carbons (Fsp3) is 0.167. The van der Waals surface area contributed by atoms with E-state index in [4.69, 9.17) is 21.4 Å². The number of nitrogens with zero attached hydrogens (tertiary/aromatic N) is 2. The lowest BCUT2D eigenvalue weighted by Gasteiger charge is -2.05. The number of amides is 1. The summed E-state index contributed by atoms with van der Waals surface area (Å²) in [4.78, 5) is 10.3. The second-order valence-electron chi connectivity index (χ2n) is 3.72. The van der Waals surface area contributed by atoms with Gasteiger partial charge in [0.25, 0.3) is 0 Å². The SMILES string of the molecule is COc1cc(/C=C/CNC(=O)O)cn2ncc(Cl)c12. The highest BCUT2D eigenvalue weighted by atomic mass is 35.5. The van der Waals surface area contributed by atoms with Crippen molar-refractivity contribution in [1.29, 1.82) is 0 Å². The fourth-order valence-corrected chi connectivity index (χ4v) is 1.88. The second kappa shape index (κ2) is 5.62. The van der Waals surface area contributed by atoms with Crippen LogP contribution in [0.4, 0.5) is 4.79 Å². The zero-order valence-electron chi connectivity index (χ0n) is 10.1. The Balaban J connectivity index is 2.27. The molecule has 0 radical (unpaired) electrons. The summed E-state index contributed by atoms with van der Waals surface area (Å²) < 4.78 is 6.88. The van der Waals surface area contributed by atoms with Crippen molar-refractivity contribution in [3.8, 4) is 5.75 Å². The van der Waals surface area contributed by atoms with Crippen molar-refractivity contribution in [2.24, 2.45) is 0 Å². The Kier molecular flexibility index (Phi) is 3.91. The molecule has 0 fully saturated rings. The van der Waals surface area contributed by atoms with Gasteiger partial charge >= 0.3 is 6.09 Å². The molecule has 1 amide bonds. The van der Waals surface area contributed by atoms with E-state index in [0.717, 1.165) is 5.56 Å². The molecule has 0 aliphatic carbocycles. The Labute approximate surface area is 114 Å². The van der Waals surface area contributed by atoms with Gasteiger partial charge in [0.2, 0.25) is 0 Å². The number of nitrogens with one attached hydrogen (secondary N) is 1. The van der Waals surface area contributed by atoms with E-state index < -0.39 is 6.09 Å². The van der Waals surface area contributed by atoms with Crippen molar-refractivity contribution in [1.82, 2.24) is 14.9 Å². The smallest absolute Gasteiger partial charge is 0.404 e. The number of rotatable bonds is 4. The zero-order chi connectivity index (χ0) is 13.8. The van der Waals surface area contributed by atoms with Crippen molar-refractivity contribution < 1.29 is 14.6 Å². The molecule has 2 rings (SSSR count). The first-order valence-electron chi connectivity index (χ1n) is 5.46. The topological polar surface area (TPSA) is 75.9 Å². The van der Waals surface area contributed by atoms with Crippen LogP contribution in [-0.4, -0.2) is 34.5 Å². The minimum Gasteiger partial charge on any atom is -0.494 e. The standard InChI is InChI=1S/C12H12ClN3O3/c1-19-10-5-8(3-2-4-14-12(17)18)7-16-11(10)9(13)6-15-16/h2-3,5-7,14H,4H2,1H3,(H,17,18)/b3-2+. The van der Waals surface area contributed by atoms with Gasteiger partial charge in [-0.25, -0.2) is 9.31 Å². The van der Waals surface area contributed by atoms with Crippen LogP contribution in [0.3, 0.4) is 0 Å². The van der Waals surface area contributed by atoms with Crippen LogP contribution in [0.1, 0.15) is 5.56 Å². The highest BCUT2D eigenvalue weighted by Crippen LogP contribution is 2.28. The van der Waals surface area contributed by atoms with Gasteiger partial charge in [-0.1, -0.05) is 23.8 Å². The van der Waals surface area contributed by atoms with E-state index in [1.54, 1.807) is 42.2 Å². The Bertz CT molecular complexity index is 636. The van der Waals surface area contributed by atoms with E-state index in [0.29, 0.717) is 16.3 Å². The lowest BCUT2D eigenvalue weighted by molar-refractivity contribution is 0.195. The van der Waals surface area contributed by atoms with Gasteiger partial charge in [0.1, 0.15) is 11.3 Å². The molecular weight excluding hydrogens is 270 g/mol. The second-order valence-corrected chi connectivity index (χ2v) is 4.12. The third-order valence-corrected chi connectivity index (χ3v) is 2.73. The average Bonchev–Trinajstić information content (AvgIpc) is 2.75. The molecule has 2 heterocycles. The van der Waals surface area contributed by atoms with Gasteiger partial charge in [0.05, 0.1) is 18.3 Å². The molecule has 2 aromatic heterocycles. The Morgan fingerprint density at radius 1 is 1.68 bits per heavy atom. The number of hydrogen-bond acceptors (Lipinski definition) is 3. The molecule has 0 bridgehead atoms. The van der Waals surface area contributed by atoms with Gasteiger partial charge in [-0.2, -0.15) is 5.10 Å². The molecule has 2 N–H and O–H groups in total. The summed E-state index contributed by atoms with van der Waals surface area (Å²) in [5.74, 6) is 0.607. The molecule has 0 aromatic carbocycles. The van der Waals surface area contributed by atoms with Gasteiger partial charge in [0, 0.05) is 12.7 Å². The quantitative estimate of drug-likeness (QED) is 0.901. The third-order valence-electron chi connectivity index (χ3n) is 2.45. The van der Waals surface area contributed by atoms with Crippen LogP contribution < -0.4 is 10.1 Å². The maximum Gasteiger partial charge on any atom is 0.404 e. The summed E-state index contributed by atoms with van der Waals surface area (Å²) in [6.45, 7) is 0.232. The van der Waals surface area contributed by atoms with Crippen LogP contribution in [0, 0.1) is 0 Å². The lowest BCUT2D eigenvalue weighted by atomic mass is 10.2. The van der Waals surface area contributed by atoms with Crippen LogP contribution >= 0.6 is 11.6 Å². The highest BCUT2D eigenvalue weighted by molar-refractivity contribution is 6.34. The summed E-state index contributed by atoms with van der Waals surface area (Å²) >= 11 is 6.01. The molecule has 0 saturated carbocycles. The van der Waals surface area contributed by atoms with Gasteiger partial charge < -0.3 is 15.2 Å². The maximum atomic E-state index is 10.3. The molecule has 0 atom stereocenters. The average molecular weight is 282 g/mol. The molecule has 6 nitrogen and oxygen atoms in total. The van der Waals surface area contributed by atoms with E-state index >= 15 is 0 Å². The monoisotopic (exact) mass is 281 g/mol. The van der Waals surface area contributed by atoms with Crippen LogP contribution in [0.2, 0.25) is 5.02 Å². The van der Waals surface area contributed by atoms with Crippen molar-refractivity contribution in [2.75, 3.05) is 13.7 Å². The van der Waals surface area contributed by atoms with Crippen LogP contribution in [0.15, 0.2) is 24.5 Å². The Hall–Kier alpha value is -2.21. The molecule has 100 valence electrons. The number of halogens is 1. The lowest BCUT2D eigenvalue weighted by Crippen LogP contribution is -2.20. The first-order valence-corrected chi connectivity index (χ1v) is 5.84. The van der Waals surface area contributed by atoms with Crippen molar-refractivity contribution in [2.45, 2.75) is 0 Å². The van der Waals surface area contributed by atoms with Crippen LogP contribution in [-0.2, 0) is 0 Å². The predicted molar refractivity (Wildman–Crippen MR) is 71.8 cm³/mol. The summed E-state index contributed by atoms with van der Waals surface area (Å²) in [6, 6.07) is 1.81. The van der Waals surface area contributed by atoms with Crippen LogP contribution in [0.25, 0.3) is 11.6 Å². The number of hydrogen-bond donors (Lipinski definition) is 2. The number of aromatic nitrogens is 2. The van der Waals surface area contributed by atoms with E-state index in [2.05, 4.69) is 10.4 Å². The minimum absolute atomic E-state index is 0.232. The first-order chi connectivity index (χ1) is 9.11. The predicted octanol–water partition coefficient (Wildman–Crippen LogP) is 2.28. The molecule has 0 unspecified atom stereocenters. The largest absolute Gasteiger partial charge is 0.494 e. The Morgan fingerprint density at radius 2 is 2.47 bits per heavy atom. The maximum absolute atomic E-state index is 10.3. The number of methoxy groups -OCH3 is 1. The van der Waals surface area contributed by atoms with Gasteiger partial charge in [-0.05, 0) is 11.6 Å². The van der Waals surface area contributed by atoms with Gasteiger partial charge in [0.15, 0.2) is 0 Å². The molecular formula is C12H12ClN3O3. The minimum atomic E-state index is -1.06. The number of carbonyl (C=O) groups is 1. The molecule has 0 spiro atoms. The zero-order valence-corrected chi connectivity index (χ0v) is 10.9. The number of carboxylic acid groups (broad SMARTS) is 1. The molecule has 0 aliphatic rings. The van der Waals surface area contributed by atoms with Crippen molar-refractivity contribution in [3.05, 3.63) is 35.1 Å². The summed E-state index contributed by atoms with van der Waals surface area (Å²) in [5, 5.41) is 15.3.